The Morgan fingerprint density at radius 2 is 1.97 bits per heavy atom. The molecule has 196 valence electrons. The Morgan fingerprint density at radius 1 is 1.10 bits per heavy atom. The maximum atomic E-state index is 13.9. The van der Waals surface area contributed by atoms with E-state index in [2.05, 4.69) is 16.0 Å². The van der Waals surface area contributed by atoms with Crippen molar-refractivity contribution in [1.29, 1.82) is 5.26 Å². The van der Waals surface area contributed by atoms with Crippen LogP contribution in [-0.4, -0.2) is 46.9 Å². The van der Waals surface area contributed by atoms with Crippen LogP contribution in [0.4, 0.5) is 5.82 Å². The third kappa shape index (κ3) is 3.87. The first kappa shape index (κ1) is 23.8. The fourth-order valence-corrected chi connectivity index (χ4v) is 5.93. The third-order valence-corrected chi connectivity index (χ3v) is 7.84. The summed E-state index contributed by atoms with van der Waals surface area (Å²) >= 11 is 6.39. The number of hydrogen-bond donors (Lipinski definition) is 0. The van der Waals surface area contributed by atoms with Gasteiger partial charge in [0.2, 0.25) is 0 Å². The fourth-order valence-electron chi connectivity index (χ4n) is 5.70. The number of hydrogen-bond acceptors (Lipinski definition) is 8. The van der Waals surface area contributed by atoms with E-state index in [9.17, 15) is 10.1 Å². The number of para-hydroxylation sites is 1. The predicted octanol–water partition coefficient (Wildman–Crippen LogP) is 4.07. The number of nitriles is 1. The van der Waals surface area contributed by atoms with Crippen molar-refractivity contribution in [1.82, 2.24) is 33.7 Å². The van der Waals surface area contributed by atoms with Crippen molar-refractivity contribution in [2.24, 2.45) is 5.92 Å². The Bertz CT molecular complexity index is 1780. The summed E-state index contributed by atoms with van der Waals surface area (Å²) in [6.45, 7) is 1.12. The van der Waals surface area contributed by atoms with E-state index >= 15 is 0 Å². The Kier molecular flexibility index (Phi) is 5.79. The van der Waals surface area contributed by atoms with Crippen molar-refractivity contribution in [3.63, 3.8) is 0 Å². The molecule has 0 bridgehead atoms. The summed E-state index contributed by atoms with van der Waals surface area (Å²) in [4.78, 5) is 29.7. The van der Waals surface area contributed by atoms with Gasteiger partial charge in [0.25, 0.3) is 5.56 Å². The lowest BCUT2D eigenvalue weighted by molar-refractivity contribution is -0.0298. The molecule has 12 heteroatoms. The molecule has 0 aliphatic carbocycles. The van der Waals surface area contributed by atoms with Gasteiger partial charge in [-0.2, -0.15) is 10.4 Å². The maximum absolute atomic E-state index is 13.9. The zero-order valence-electron chi connectivity index (χ0n) is 20.9. The number of halogens is 1. The van der Waals surface area contributed by atoms with E-state index in [4.69, 9.17) is 26.4 Å². The molecule has 39 heavy (non-hydrogen) atoms. The van der Waals surface area contributed by atoms with Gasteiger partial charge in [-0.1, -0.05) is 29.8 Å². The summed E-state index contributed by atoms with van der Waals surface area (Å²) in [6, 6.07) is 13.0. The van der Waals surface area contributed by atoms with Crippen LogP contribution in [0.2, 0.25) is 5.02 Å². The van der Waals surface area contributed by atoms with Gasteiger partial charge in [0.15, 0.2) is 22.8 Å². The van der Waals surface area contributed by atoms with Crippen LogP contribution in [0.15, 0.2) is 60.0 Å². The molecular weight excluding hydrogens is 518 g/mol. The number of rotatable bonds is 4. The summed E-state index contributed by atoms with van der Waals surface area (Å²) in [5, 5.41) is 15.1. The highest BCUT2D eigenvalue weighted by Crippen LogP contribution is 2.40. The lowest BCUT2D eigenvalue weighted by atomic mass is 10.1. The van der Waals surface area contributed by atoms with Crippen LogP contribution in [0.5, 0.6) is 0 Å². The van der Waals surface area contributed by atoms with Crippen molar-refractivity contribution in [3.8, 4) is 11.8 Å². The van der Waals surface area contributed by atoms with Gasteiger partial charge < -0.3 is 9.64 Å². The summed E-state index contributed by atoms with van der Waals surface area (Å²) in [6.07, 6.45) is 8.29. The van der Waals surface area contributed by atoms with E-state index in [0.29, 0.717) is 58.6 Å². The van der Waals surface area contributed by atoms with E-state index in [1.165, 1.54) is 10.8 Å². The molecule has 2 aliphatic rings. The second-order valence-electron chi connectivity index (χ2n) is 9.86. The van der Waals surface area contributed by atoms with Crippen molar-refractivity contribution in [2.45, 2.75) is 38.0 Å². The smallest absolute Gasteiger partial charge is 0.284 e. The third-order valence-electron chi connectivity index (χ3n) is 7.54. The predicted molar refractivity (Wildman–Crippen MR) is 144 cm³/mol. The minimum absolute atomic E-state index is 0.126. The SMILES string of the molecule is N#C[C@@H]1C[C@@H](c2nn3ccc(Cl)c3c(=O)n2-c2ccccc2)N(c2ncnc3c2ncn3C2CCCCO2)C1. The summed E-state index contributed by atoms with van der Waals surface area (Å²) in [5.74, 6) is 0.788. The average Bonchev–Trinajstić information content (AvgIpc) is 3.70. The molecule has 4 aromatic heterocycles. The molecule has 0 saturated carbocycles. The molecule has 5 aromatic rings. The van der Waals surface area contributed by atoms with Crippen LogP contribution >= 0.6 is 11.6 Å². The molecule has 2 fully saturated rings. The molecule has 2 saturated heterocycles. The van der Waals surface area contributed by atoms with E-state index in [1.54, 1.807) is 23.2 Å². The number of nitrogens with zero attached hydrogens (tertiary/aromatic N) is 9. The van der Waals surface area contributed by atoms with Crippen LogP contribution in [0.25, 0.3) is 22.4 Å². The fraction of sp³-hybridized carbons (Fsp3) is 0.333. The van der Waals surface area contributed by atoms with Crippen LogP contribution in [-0.2, 0) is 4.74 Å². The lowest BCUT2D eigenvalue weighted by Gasteiger charge is -2.27. The Balaban J connectivity index is 1.41. The highest BCUT2D eigenvalue weighted by atomic mass is 35.5. The minimum Gasteiger partial charge on any atom is -0.358 e. The molecule has 11 nitrogen and oxygen atoms in total. The Hall–Kier alpha value is -4.27. The van der Waals surface area contributed by atoms with Gasteiger partial charge >= 0.3 is 0 Å². The van der Waals surface area contributed by atoms with Crippen molar-refractivity contribution in [2.75, 3.05) is 18.1 Å². The second kappa shape index (κ2) is 9.48. The molecule has 1 unspecified atom stereocenters. The van der Waals surface area contributed by atoms with Crippen molar-refractivity contribution >= 4 is 34.1 Å². The maximum Gasteiger partial charge on any atom is 0.284 e. The summed E-state index contributed by atoms with van der Waals surface area (Å²) in [7, 11) is 0. The Labute approximate surface area is 227 Å². The topological polar surface area (TPSA) is 119 Å². The van der Waals surface area contributed by atoms with E-state index < -0.39 is 6.04 Å². The van der Waals surface area contributed by atoms with E-state index in [1.807, 2.05) is 39.8 Å². The van der Waals surface area contributed by atoms with Crippen molar-refractivity contribution in [3.05, 3.63) is 76.5 Å². The van der Waals surface area contributed by atoms with Gasteiger partial charge in [0.05, 0.1) is 35.1 Å². The number of fused-ring (bicyclic) bond motifs is 2. The minimum atomic E-state index is -0.428. The molecule has 0 radical (unpaired) electrons. The van der Waals surface area contributed by atoms with Gasteiger partial charge in [-0.15, -0.1) is 0 Å². The molecule has 1 aromatic carbocycles. The highest BCUT2D eigenvalue weighted by Gasteiger charge is 2.39. The van der Waals surface area contributed by atoms with Crippen LogP contribution in [0.3, 0.4) is 0 Å². The van der Waals surface area contributed by atoms with Gasteiger partial charge in [-0.05, 0) is 43.9 Å². The summed E-state index contributed by atoms with van der Waals surface area (Å²) in [5.41, 5.74) is 1.96. The first-order valence-electron chi connectivity index (χ1n) is 12.9. The number of imidazole rings is 1. The zero-order chi connectivity index (χ0) is 26.5. The lowest BCUT2D eigenvalue weighted by Crippen LogP contribution is -2.33. The molecule has 3 atom stereocenters. The molecule has 6 heterocycles. The standard InChI is InChI=1S/C27H24ClN9O2/c28-19-9-10-36-23(19)27(38)37(18-6-2-1-3-7-18)24(33-36)20-12-17(13-29)14-34(20)25-22-26(31-15-30-25)35(16-32-22)21-8-4-5-11-39-21/h1-3,6-7,9-10,15-17,20-21H,4-5,8,11-12,14H2/t17-,20-,21?/m0/s1. The van der Waals surface area contributed by atoms with Crippen molar-refractivity contribution < 1.29 is 4.74 Å². The molecule has 0 amide bonds. The van der Waals surface area contributed by atoms with E-state index in [0.717, 1.165) is 19.3 Å². The molecule has 7 rings (SSSR count). The number of anilines is 1. The second-order valence-corrected chi connectivity index (χ2v) is 10.3. The normalized spacial score (nSPS) is 21.5. The highest BCUT2D eigenvalue weighted by molar-refractivity contribution is 6.33. The van der Waals surface area contributed by atoms with Gasteiger partial charge in [-0.3, -0.25) is 13.9 Å². The van der Waals surface area contributed by atoms with Crippen LogP contribution < -0.4 is 10.5 Å². The first-order valence-corrected chi connectivity index (χ1v) is 13.3. The summed E-state index contributed by atoms with van der Waals surface area (Å²) < 4.78 is 11.0. The average molecular weight is 542 g/mol. The van der Waals surface area contributed by atoms with Gasteiger partial charge in [-0.25, -0.2) is 19.5 Å². The van der Waals surface area contributed by atoms with Gasteiger partial charge in [0, 0.05) is 19.3 Å². The largest absolute Gasteiger partial charge is 0.358 e. The Morgan fingerprint density at radius 3 is 2.77 bits per heavy atom. The number of benzene rings is 1. The first-order chi connectivity index (χ1) is 19.1. The molecule has 0 N–H and O–H groups in total. The number of aromatic nitrogens is 7. The molecule has 0 spiro atoms. The monoisotopic (exact) mass is 541 g/mol. The molecule has 2 aliphatic heterocycles. The van der Waals surface area contributed by atoms with E-state index in [-0.39, 0.29) is 17.7 Å². The van der Waals surface area contributed by atoms with Crippen LogP contribution in [0.1, 0.15) is 43.8 Å². The quantitative estimate of drug-likeness (QED) is 0.334. The molecular formula is C27H24ClN9O2. The number of ether oxygens (including phenoxy) is 1. The van der Waals surface area contributed by atoms with Gasteiger partial charge in [0.1, 0.15) is 18.1 Å². The van der Waals surface area contributed by atoms with Crippen LogP contribution in [0, 0.1) is 17.2 Å². The zero-order valence-corrected chi connectivity index (χ0v) is 21.6.